The quantitative estimate of drug-likeness (QED) is 0.563. The van der Waals surface area contributed by atoms with Gasteiger partial charge in [0.15, 0.2) is 12.0 Å². The Balaban J connectivity index is 2.40. The molecule has 1 N–H and O–H groups in total. The standard InChI is InChI=1S/C13H15NO2/c1-3-5-11(4-2)14-9-8-12-6-7-13(10-15)16-12/h3-7,10,14H,1-2,8-9H2/b11-5+. The van der Waals surface area contributed by atoms with Crippen LogP contribution >= 0.6 is 0 Å². The fraction of sp³-hybridized carbons (Fsp3) is 0.154. The Hall–Kier alpha value is -2.03. The number of nitrogens with one attached hydrogen (secondary N) is 1. The Morgan fingerprint density at radius 1 is 1.44 bits per heavy atom. The number of rotatable bonds is 7. The summed E-state index contributed by atoms with van der Waals surface area (Å²) in [6, 6.07) is 3.46. The summed E-state index contributed by atoms with van der Waals surface area (Å²) in [5.74, 6) is 1.15. The van der Waals surface area contributed by atoms with Crippen molar-refractivity contribution in [1.29, 1.82) is 0 Å². The highest BCUT2D eigenvalue weighted by Gasteiger charge is 2.00. The zero-order valence-electron chi connectivity index (χ0n) is 9.11. The summed E-state index contributed by atoms with van der Waals surface area (Å²) < 4.78 is 5.23. The van der Waals surface area contributed by atoms with E-state index in [4.69, 9.17) is 4.42 Å². The molecule has 0 bridgehead atoms. The van der Waals surface area contributed by atoms with Crippen molar-refractivity contribution in [3.63, 3.8) is 0 Å². The molecule has 0 aliphatic carbocycles. The third kappa shape index (κ3) is 3.61. The van der Waals surface area contributed by atoms with Crippen molar-refractivity contribution < 1.29 is 9.21 Å². The van der Waals surface area contributed by atoms with Crippen LogP contribution in [-0.2, 0) is 6.42 Å². The summed E-state index contributed by atoms with van der Waals surface area (Å²) >= 11 is 0. The first-order valence-corrected chi connectivity index (χ1v) is 5.03. The number of hydrogen-bond acceptors (Lipinski definition) is 3. The molecule has 1 rings (SSSR count). The van der Waals surface area contributed by atoms with Gasteiger partial charge in [-0.3, -0.25) is 4.79 Å². The first-order valence-electron chi connectivity index (χ1n) is 5.03. The molecule has 0 aliphatic rings. The second-order valence-corrected chi connectivity index (χ2v) is 3.16. The van der Waals surface area contributed by atoms with Crippen LogP contribution in [0.5, 0.6) is 0 Å². The van der Waals surface area contributed by atoms with Crippen LogP contribution in [0.3, 0.4) is 0 Å². The largest absolute Gasteiger partial charge is 0.458 e. The van der Waals surface area contributed by atoms with E-state index in [1.165, 1.54) is 0 Å². The fourth-order valence-corrected chi connectivity index (χ4v) is 1.25. The Morgan fingerprint density at radius 2 is 2.25 bits per heavy atom. The van der Waals surface area contributed by atoms with Crippen molar-refractivity contribution in [3.05, 3.63) is 60.7 Å². The third-order valence-corrected chi connectivity index (χ3v) is 2.02. The molecule has 1 aromatic rings. The maximum absolute atomic E-state index is 10.4. The average Bonchev–Trinajstić information content (AvgIpc) is 2.76. The highest BCUT2D eigenvalue weighted by Crippen LogP contribution is 2.06. The van der Waals surface area contributed by atoms with E-state index >= 15 is 0 Å². The van der Waals surface area contributed by atoms with Crippen LogP contribution in [0.15, 0.2) is 53.6 Å². The van der Waals surface area contributed by atoms with Crippen molar-refractivity contribution in [2.45, 2.75) is 6.42 Å². The van der Waals surface area contributed by atoms with Crippen LogP contribution in [0.1, 0.15) is 16.3 Å². The highest BCUT2D eigenvalue weighted by molar-refractivity contribution is 5.70. The highest BCUT2D eigenvalue weighted by atomic mass is 16.3. The SMILES string of the molecule is C=C/C=C(\C=C)NCCc1ccc(C=O)o1. The van der Waals surface area contributed by atoms with Gasteiger partial charge in [-0.1, -0.05) is 19.2 Å². The summed E-state index contributed by atoms with van der Waals surface area (Å²) in [6.07, 6.45) is 6.67. The van der Waals surface area contributed by atoms with Gasteiger partial charge >= 0.3 is 0 Å². The molecular formula is C13H15NO2. The lowest BCUT2D eigenvalue weighted by Gasteiger charge is -2.04. The topological polar surface area (TPSA) is 42.2 Å². The van der Waals surface area contributed by atoms with Gasteiger partial charge in [-0.25, -0.2) is 0 Å². The van der Waals surface area contributed by atoms with Crippen molar-refractivity contribution in [1.82, 2.24) is 5.32 Å². The predicted molar refractivity (Wildman–Crippen MR) is 64.3 cm³/mol. The van der Waals surface area contributed by atoms with Gasteiger partial charge in [-0.05, 0) is 24.3 Å². The predicted octanol–water partition coefficient (Wildman–Crippen LogP) is 2.48. The normalized spacial score (nSPS) is 10.9. The maximum atomic E-state index is 10.4. The Labute approximate surface area is 95.2 Å². The van der Waals surface area contributed by atoms with Gasteiger partial charge in [0.2, 0.25) is 0 Å². The minimum atomic E-state index is 0.362. The number of aldehydes is 1. The number of hydrogen-bond donors (Lipinski definition) is 1. The van der Waals surface area contributed by atoms with E-state index < -0.39 is 0 Å². The minimum Gasteiger partial charge on any atom is -0.458 e. The summed E-state index contributed by atoms with van der Waals surface area (Å²) in [6.45, 7) is 8.00. The van der Waals surface area contributed by atoms with E-state index in [0.717, 1.165) is 24.4 Å². The van der Waals surface area contributed by atoms with E-state index in [2.05, 4.69) is 18.5 Å². The Kier molecular flexibility index (Phi) is 4.86. The van der Waals surface area contributed by atoms with Gasteiger partial charge in [-0.2, -0.15) is 0 Å². The Morgan fingerprint density at radius 3 is 2.81 bits per heavy atom. The van der Waals surface area contributed by atoms with Crippen LogP contribution in [0, 0.1) is 0 Å². The van der Waals surface area contributed by atoms with Gasteiger partial charge in [0.05, 0.1) is 0 Å². The van der Waals surface area contributed by atoms with Crippen molar-refractivity contribution in [3.8, 4) is 0 Å². The number of carbonyl (C=O) groups excluding carboxylic acids is 1. The van der Waals surface area contributed by atoms with E-state index in [9.17, 15) is 4.79 Å². The number of allylic oxidation sites excluding steroid dienone is 3. The van der Waals surface area contributed by atoms with Gasteiger partial charge in [0, 0.05) is 18.7 Å². The van der Waals surface area contributed by atoms with Crippen LogP contribution in [-0.4, -0.2) is 12.8 Å². The first-order chi connectivity index (χ1) is 7.80. The second-order valence-electron chi connectivity index (χ2n) is 3.16. The lowest BCUT2D eigenvalue weighted by Crippen LogP contribution is -2.14. The minimum absolute atomic E-state index is 0.362. The molecule has 0 unspecified atom stereocenters. The van der Waals surface area contributed by atoms with Crippen LogP contribution < -0.4 is 5.32 Å². The summed E-state index contributed by atoms with van der Waals surface area (Å²) in [5.41, 5.74) is 0.914. The molecular weight excluding hydrogens is 202 g/mol. The lowest BCUT2D eigenvalue weighted by molar-refractivity contribution is 0.109. The van der Waals surface area contributed by atoms with E-state index in [-0.39, 0.29) is 0 Å². The molecule has 1 heterocycles. The number of carbonyl (C=O) groups is 1. The lowest BCUT2D eigenvalue weighted by atomic mass is 10.3. The van der Waals surface area contributed by atoms with Gasteiger partial charge in [0.1, 0.15) is 5.76 Å². The molecule has 0 saturated carbocycles. The molecule has 0 atom stereocenters. The van der Waals surface area contributed by atoms with Crippen LogP contribution in [0.2, 0.25) is 0 Å². The van der Waals surface area contributed by atoms with Crippen molar-refractivity contribution in [2.24, 2.45) is 0 Å². The maximum Gasteiger partial charge on any atom is 0.185 e. The zero-order chi connectivity index (χ0) is 11.8. The monoisotopic (exact) mass is 217 g/mol. The van der Waals surface area contributed by atoms with Crippen LogP contribution in [0.25, 0.3) is 0 Å². The summed E-state index contributed by atoms with van der Waals surface area (Å²) in [4.78, 5) is 10.4. The zero-order valence-corrected chi connectivity index (χ0v) is 9.11. The van der Waals surface area contributed by atoms with Gasteiger partial charge in [0.25, 0.3) is 0 Å². The molecule has 0 amide bonds. The van der Waals surface area contributed by atoms with Crippen molar-refractivity contribution in [2.75, 3.05) is 6.54 Å². The molecule has 0 spiro atoms. The van der Waals surface area contributed by atoms with Gasteiger partial charge < -0.3 is 9.73 Å². The molecule has 1 aromatic heterocycles. The van der Waals surface area contributed by atoms with E-state index in [0.29, 0.717) is 12.0 Å². The van der Waals surface area contributed by atoms with E-state index in [1.807, 2.05) is 6.08 Å². The average molecular weight is 217 g/mol. The molecule has 0 saturated heterocycles. The van der Waals surface area contributed by atoms with Crippen LogP contribution in [0.4, 0.5) is 0 Å². The molecule has 0 aliphatic heterocycles. The summed E-state index contributed by atoms with van der Waals surface area (Å²) in [7, 11) is 0. The Bertz CT molecular complexity index is 402. The molecule has 3 heteroatoms. The smallest absolute Gasteiger partial charge is 0.185 e. The molecule has 16 heavy (non-hydrogen) atoms. The van der Waals surface area contributed by atoms with Crippen molar-refractivity contribution >= 4 is 6.29 Å². The molecule has 0 fully saturated rings. The second kappa shape index (κ2) is 6.45. The summed E-state index contributed by atoms with van der Waals surface area (Å²) in [5, 5.41) is 3.17. The fourth-order valence-electron chi connectivity index (χ4n) is 1.25. The molecule has 0 radical (unpaired) electrons. The molecule has 3 nitrogen and oxygen atoms in total. The first kappa shape index (κ1) is 12.0. The molecule has 0 aromatic carbocycles. The molecule has 84 valence electrons. The third-order valence-electron chi connectivity index (χ3n) is 2.02. The number of furan rings is 1. The van der Waals surface area contributed by atoms with E-state index in [1.54, 1.807) is 24.3 Å². The van der Waals surface area contributed by atoms with Gasteiger partial charge in [-0.15, -0.1) is 0 Å².